The first kappa shape index (κ1) is 25.3. The number of hydrogen-bond acceptors (Lipinski definition) is 6. The summed E-state index contributed by atoms with van der Waals surface area (Å²) >= 11 is 0. The zero-order valence-electron chi connectivity index (χ0n) is 16.7. The number of rotatable bonds is 17. The predicted octanol–water partition coefficient (Wildman–Crippen LogP) is 3.39. The van der Waals surface area contributed by atoms with Crippen LogP contribution in [0.1, 0.15) is 104 Å². The molecule has 0 heterocycles. The summed E-state index contributed by atoms with van der Waals surface area (Å²) < 4.78 is 4.45. The van der Waals surface area contributed by atoms with Gasteiger partial charge in [-0.05, 0) is 13.3 Å². The Morgan fingerprint density at radius 1 is 0.692 bits per heavy atom. The molecule has 0 aliphatic carbocycles. The molecular formula is C20H40O6. The molecule has 0 aromatic rings. The third kappa shape index (κ3) is 10.5. The molecule has 0 unspecified atom stereocenters. The summed E-state index contributed by atoms with van der Waals surface area (Å²) in [6.45, 7) is 3.65. The fourth-order valence-electron chi connectivity index (χ4n) is 2.96. The van der Waals surface area contributed by atoms with Gasteiger partial charge in [0.1, 0.15) is 0 Å². The van der Waals surface area contributed by atoms with E-state index >= 15 is 0 Å². The summed E-state index contributed by atoms with van der Waals surface area (Å²) in [5, 5.41) is 38.8. The second-order valence-electron chi connectivity index (χ2n) is 7.20. The van der Waals surface area contributed by atoms with E-state index in [0.29, 0.717) is 6.42 Å². The number of carbonyl (C=O) groups excluding carboxylic acids is 1. The van der Waals surface area contributed by atoms with Crippen LogP contribution in [0.5, 0.6) is 0 Å². The van der Waals surface area contributed by atoms with Gasteiger partial charge in [-0.15, -0.1) is 0 Å². The minimum Gasteiger partial charge on any atom is -0.462 e. The highest BCUT2D eigenvalue weighted by atomic mass is 16.6. The zero-order chi connectivity index (χ0) is 19.9. The van der Waals surface area contributed by atoms with Crippen LogP contribution in [-0.2, 0) is 9.53 Å². The van der Waals surface area contributed by atoms with Crippen LogP contribution in [0.2, 0.25) is 0 Å². The van der Waals surface area contributed by atoms with Crippen LogP contribution in [0, 0.1) is 0 Å². The average Bonchev–Trinajstić information content (AvgIpc) is 2.59. The van der Waals surface area contributed by atoms with Gasteiger partial charge in [0.2, 0.25) is 5.79 Å². The predicted molar refractivity (Wildman–Crippen MR) is 101 cm³/mol. The lowest BCUT2D eigenvalue weighted by Gasteiger charge is -2.32. The molecule has 0 aliphatic heterocycles. The summed E-state index contributed by atoms with van der Waals surface area (Å²) in [6.07, 6.45) is 14.5. The molecule has 0 radical (unpaired) electrons. The van der Waals surface area contributed by atoms with Crippen LogP contribution in [0.15, 0.2) is 0 Å². The normalized spacial score (nSPS) is 12.4. The fourth-order valence-corrected chi connectivity index (χ4v) is 2.96. The van der Waals surface area contributed by atoms with Crippen molar-refractivity contribution in [2.75, 3.05) is 6.61 Å². The lowest BCUT2D eigenvalue weighted by Crippen LogP contribution is -2.60. The topological polar surface area (TPSA) is 107 Å². The first-order chi connectivity index (χ1) is 12.3. The van der Waals surface area contributed by atoms with E-state index in [0.717, 1.165) is 19.3 Å². The Balaban J connectivity index is 3.66. The van der Waals surface area contributed by atoms with Gasteiger partial charge in [0.05, 0.1) is 6.61 Å². The van der Waals surface area contributed by atoms with E-state index in [1.54, 1.807) is 0 Å². The smallest absolute Gasteiger partial charge is 0.372 e. The highest BCUT2D eigenvalue weighted by Gasteiger charge is 2.54. The van der Waals surface area contributed by atoms with E-state index in [2.05, 4.69) is 11.7 Å². The van der Waals surface area contributed by atoms with E-state index in [4.69, 9.17) is 0 Å². The molecule has 6 heteroatoms. The number of ether oxygens (including phenoxy) is 1. The first-order valence-electron chi connectivity index (χ1n) is 10.4. The maximum absolute atomic E-state index is 11.4. The van der Waals surface area contributed by atoms with Crippen LogP contribution in [-0.4, -0.2) is 44.6 Å². The molecule has 0 aromatic carbocycles. The number of carbonyl (C=O) groups is 1. The Kier molecular flexibility index (Phi) is 14.0. The molecule has 0 amide bonds. The maximum Gasteiger partial charge on any atom is 0.372 e. The largest absolute Gasteiger partial charge is 0.462 e. The number of esters is 1. The van der Waals surface area contributed by atoms with Crippen LogP contribution in [0.4, 0.5) is 0 Å². The zero-order valence-corrected chi connectivity index (χ0v) is 16.7. The van der Waals surface area contributed by atoms with Gasteiger partial charge in [0.15, 0.2) is 0 Å². The van der Waals surface area contributed by atoms with E-state index in [9.17, 15) is 25.2 Å². The Hall–Kier alpha value is -0.690. The summed E-state index contributed by atoms with van der Waals surface area (Å²) in [4.78, 5) is 11.4. The molecule has 0 aliphatic rings. The molecule has 0 atom stereocenters. The van der Waals surface area contributed by atoms with Gasteiger partial charge in [0, 0.05) is 6.42 Å². The molecule has 156 valence electrons. The van der Waals surface area contributed by atoms with Gasteiger partial charge in [-0.1, -0.05) is 84.0 Å². The maximum atomic E-state index is 11.4. The summed E-state index contributed by atoms with van der Waals surface area (Å²) in [6, 6.07) is 0. The molecule has 6 nitrogen and oxygen atoms in total. The summed E-state index contributed by atoms with van der Waals surface area (Å²) in [5.74, 6) is -7.66. The van der Waals surface area contributed by atoms with E-state index < -0.39 is 17.5 Å². The molecule has 0 bridgehead atoms. The average molecular weight is 377 g/mol. The number of aliphatic hydroxyl groups is 4. The Morgan fingerprint density at radius 3 is 1.46 bits per heavy atom. The Labute approximate surface area is 158 Å². The molecular weight excluding hydrogens is 336 g/mol. The van der Waals surface area contributed by atoms with Crippen molar-refractivity contribution in [2.24, 2.45) is 0 Å². The summed E-state index contributed by atoms with van der Waals surface area (Å²) in [7, 11) is 0. The van der Waals surface area contributed by atoms with Crippen molar-refractivity contribution in [2.45, 2.75) is 115 Å². The van der Waals surface area contributed by atoms with Gasteiger partial charge in [-0.3, -0.25) is 0 Å². The number of unbranched alkanes of at least 4 members (excludes halogenated alkanes) is 12. The van der Waals surface area contributed by atoms with E-state index in [1.807, 2.05) is 0 Å². The Bertz CT molecular complexity index is 354. The first-order valence-corrected chi connectivity index (χ1v) is 10.4. The van der Waals surface area contributed by atoms with Crippen molar-refractivity contribution in [3.05, 3.63) is 0 Å². The van der Waals surface area contributed by atoms with Crippen LogP contribution < -0.4 is 0 Å². The third-order valence-electron chi connectivity index (χ3n) is 4.75. The van der Waals surface area contributed by atoms with Crippen molar-refractivity contribution in [3.63, 3.8) is 0 Å². The molecule has 0 rings (SSSR count). The molecule has 26 heavy (non-hydrogen) atoms. The van der Waals surface area contributed by atoms with Crippen molar-refractivity contribution in [1.29, 1.82) is 0 Å². The third-order valence-corrected chi connectivity index (χ3v) is 4.75. The lowest BCUT2D eigenvalue weighted by molar-refractivity contribution is -0.347. The van der Waals surface area contributed by atoms with Gasteiger partial charge in [-0.25, -0.2) is 4.79 Å². The van der Waals surface area contributed by atoms with Crippen LogP contribution in [0.3, 0.4) is 0 Å². The SMILES string of the molecule is CCCCCCCCCCCCCCCC(O)(O)C(O)(O)C(=O)OCC. The van der Waals surface area contributed by atoms with Crippen LogP contribution >= 0.6 is 0 Å². The van der Waals surface area contributed by atoms with Crippen molar-refractivity contribution in [3.8, 4) is 0 Å². The van der Waals surface area contributed by atoms with Crippen molar-refractivity contribution in [1.82, 2.24) is 0 Å². The lowest BCUT2D eigenvalue weighted by atomic mass is 9.98. The monoisotopic (exact) mass is 376 g/mol. The molecule has 0 spiro atoms. The standard InChI is InChI=1S/C20H40O6/c1-3-5-6-7-8-9-10-11-12-13-14-15-16-17-19(22,23)20(24,25)18(21)26-4-2/h22-25H,3-17H2,1-2H3. The van der Waals surface area contributed by atoms with Gasteiger partial charge in [-0.2, -0.15) is 0 Å². The minimum absolute atomic E-state index is 0.0729. The fraction of sp³-hybridized carbons (Fsp3) is 0.950. The van der Waals surface area contributed by atoms with Crippen molar-refractivity contribution >= 4 is 5.97 Å². The molecule has 4 N–H and O–H groups in total. The number of hydrogen-bond donors (Lipinski definition) is 4. The van der Waals surface area contributed by atoms with Gasteiger partial charge < -0.3 is 25.2 Å². The quantitative estimate of drug-likeness (QED) is 0.176. The second kappa shape index (κ2) is 14.4. The van der Waals surface area contributed by atoms with Crippen molar-refractivity contribution < 1.29 is 30.0 Å². The summed E-state index contributed by atoms with van der Waals surface area (Å²) in [5.41, 5.74) is 0. The highest BCUT2D eigenvalue weighted by Crippen LogP contribution is 2.25. The molecule has 0 saturated carbocycles. The highest BCUT2D eigenvalue weighted by molar-refractivity contribution is 5.78. The van der Waals surface area contributed by atoms with Gasteiger partial charge in [0.25, 0.3) is 0 Å². The van der Waals surface area contributed by atoms with Crippen LogP contribution in [0.25, 0.3) is 0 Å². The van der Waals surface area contributed by atoms with Gasteiger partial charge >= 0.3 is 11.8 Å². The molecule has 0 fully saturated rings. The minimum atomic E-state index is -3.31. The van der Waals surface area contributed by atoms with E-state index in [1.165, 1.54) is 64.7 Å². The molecule has 0 saturated heterocycles. The molecule has 0 aromatic heterocycles. The second-order valence-corrected chi connectivity index (χ2v) is 7.20. The van der Waals surface area contributed by atoms with E-state index in [-0.39, 0.29) is 13.0 Å². The Morgan fingerprint density at radius 2 is 1.08 bits per heavy atom.